The van der Waals surface area contributed by atoms with E-state index in [-0.39, 0.29) is 17.9 Å². The molecule has 0 heterocycles. The fourth-order valence-corrected chi connectivity index (χ4v) is 1.19. The van der Waals surface area contributed by atoms with Gasteiger partial charge < -0.3 is 20.3 Å². The molecule has 1 unspecified atom stereocenters. The van der Waals surface area contributed by atoms with Crippen LogP contribution in [0.2, 0.25) is 0 Å². The molecule has 0 aliphatic heterocycles. The number of carbonyl (C=O) groups is 2. The maximum Gasteiger partial charge on any atom is 0.347 e. The smallest absolute Gasteiger partial charge is 0.347 e. The second-order valence-corrected chi connectivity index (χ2v) is 3.29. The van der Waals surface area contributed by atoms with Gasteiger partial charge in [0.25, 0.3) is 0 Å². The van der Waals surface area contributed by atoms with E-state index in [1.807, 2.05) is 0 Å². The lowest BCUT2D eigenvalue weighted by Gasteiger charge is -2.14. The van der Waals surface area contributed by atoms with E-state index in [9.17, 15) is 9.59 Å². The van der Waals surface area contributed by atoms with Crippen LogP contribution in [0.4, 0.5) is 0 Å². The van der Waals surface area contributed by atoms with Gasteiger partial charge in [0.2, 0.25) is 12.0 Å². The van der Waals surface area contributed by atoms with Gasteiger partial charge in [0.15, 0.2) is 0 Å². The molecule has 0 spiro atoms. The molecule has 17 heavy (non-hydrogen) atoms. The van der Waals surface area contributed by atoms with E-state index < -0.39 is 18.0 Å². The van der Waals surface area contributed by atoms with E-state index in [4.69, 9.17) is 20.3 Å². The van der Waals surface area contributed by atoms with Crippen molar-refractivity contribution >= 4 is 11.9 Å². The maximum absolute atomic E-state index is 10.9. The standard InChI is InChI=1S/C11H13NO5/c1-16-6-9(11(14)15)17-8-4-2-3-7(5-8)10(12)13/h2-5,9H,6H2,1H3,(H2,12,13)(H,14,15). The van der Waals surface area contributed by atoms with Crippen molar-refractivity contribution in [3.8, 4) is 5.75 Å². The minimum atomic E-state index is -1.14. The van der Waals surface area contributed by atoms with Gasteiger partial charge >= 0.3 is 5.97 Å². The Hall–Kier alpha value is -2.08. The zero-order chi connectivity index (χ0) is 12.8. The number of carbonyl (C=O) groups excluding carboxylic acids is 1. The quantitative estimate of drug-likeness (QED) is 0.742. The highest BCUT2D eigenvalue weighted by Gasteiger charge is 2.19. The molecule has 0 aliphatic carbocycles. The van der Waals surface area contributed by atoms with Crippen LogP contribution in [0.15, 0.2) is 24.3 Å². The summed E-state index contributed by atoms with van der Waals surface area (Å²) in [5.74, 6) is -1.49. The number of benzene rings is 1. The summed E-state index contributed by atoms with van der Waals surface area (Å²) in [6.45, 7) is -0.0872. The van der Waals surface area contributed by atoms with E-state index in [2.05, 4.69) is 0 Å². The summed E-state index contributed by atoms with van der Waals surface area (Å²) in [6.07, 6.45) is -1.12. The van der Waals surface area contributed by atoms with Gasteiger partial charge in [0, 0.05) is 12.7 Å². The number of nitrogens with two attached hydrogens (primary N) is 1. The summed E-state index contributed by atoms with van der Waals surface area (Å²) in [7, 11) is 1.37. The normalized spacial score (nSPS) is 11.8. The Morgan fingerprint density at radius 3 is 2.71 bits per heavy atom. The van der Waals surface area contributed by atoms with Gasteiger partial charge in [0.1, 0.15) is 5.75 Å². The minimum Gasteiger partial charge on any atom is -0.478 e. The molecule has 0 aliphatic rings. The monoisotopic (exact) mass is 239 g/mol. The molecule has 6 heteroatoms. The highest BCUT2D eigenvalue weighted by molar-refractivity contribution is 5.93. The number of hydrogen-bond donors (Lipinski definition) is 2. The fraction of sp³-hybridized carbons (Fsp3) is 0.273. The summed E-state index contributed by atoms with van der Waals surface area (Å²) < 4.78 is 9.89. The van der Waals surface area contributed by atoms with E-state index in [0.717, 1.165) is 0 Å². The average Bonchev–Trinajstić information content (AvgIpc) is 2.28. The lowest BCUT2D eigenvalue weighted by atomic mass is 10.2. The van der Waals surface area contributed by atoms with Crippen molar-refractivity contribution in [1.82, 2.24) is 0 Å². The number of amides is 1. The van der Waals surface area contributed by atoms with Gasteiger partial charge in [-0.05, 0) is 18.2 Å². The van der Waals surface area contributed by atoms with Crippen LogP contribution in [0.1, 0.15) is 10.4 Å². The topological polar surface area (TPSA) is 98.9 Å². The summed E-state index contributed by atoms with van der Waals surface area (Å²) in [6, 6.07) is 5.99. The van der Waals surface area contributed by atoms with Crippen molar-refractivity contribution in [3.05, 3.63) is 29.8 Å². The van der Waals surface area contributed by atoms with Crippen molar-refractivity contribution in [2.24, 2.45) is 5.73 Å². The first-order chi connectivity index (χ1) is 8.04. The molecule has 1 atom stereocenters. The number of rotatable bonds is 6. The Balaban J connectivity index is 2.82. The number of aliphatic carboxylic acids is 1. The van der Waals surface area contributed by atoms with Gasteiger partial charge in [-0.25, -0.2) is 4.79 Å². The molecule has 0 aromatic heterocycles. The zero-order valence-corrected chi connectivity index (χ0v) is 9.25. The van der Waals surface area contributed by atoms with Gasteiger partial charge in [-0.15, -0.1) is 0 Å². The van der Waals surface area contributed by atoms with Crippen LogP contribution in [-0.2, 0) is 9.53 Å². The maximum atomic E-state index is 10.9. The average molecular weight is 239 g/mol. The third kappa shape index (κ3) is 3.76. The molecule has 1 aromatic rings. The van der Waals surface area contributed by atoms with E-state index in [1.54, 1.807) is 6.07 Å². The first-order valence-electron chi connectivity index (χ1n) is 4.83. The lowest BCUT2D eigenvalue weighted by molar-refractivity contribution is -0.147. The van der Waals surface area contributed by atoms with Gasteiger partial charge in [-0.1, -0.05) is 6.07 Å². The first-order valence-corrected chi connectivity index (χ1v) is 4.83. The molecule has 0 saturated carbocycles. The van der Waals surface area contributed by atoms with Crippen LogP contribution >= 0.6 is 0 Å². The number of primary amides is 1. The second kappa shape index (κ2) is 5.86. The number of methoxy groups -OCH3 is 1. The lowest BCUT2D eigenvalue weighted by Crippen LogP contribution is -2.31. The van der Waals surface area contributed by atoms with Crippen molar-refractivity contribution in [3.63, 3.8) is 0 Å². The molecule has 0 bridgehead atoms. The molecule has 0 fully saturated rings. The Labute approximate surface area is 97.9 Å². The van der Waals surface area contributed by atoms with Crippen LogP contribution in [0, 0.1) is 0 Å². The zero-order valence-electron chi connectivity index (χ0n) is 9.25. The third-order valence-electron chi connectivity index (χ3n) is 1.99. The third-order valence-corrected chi connectivity index (χ3v) is 1.99. The van der Waals surface area contributed by atoms with Gasteiger partial charge in [-0.3, -0.25) is 4.79 Å². The molecule has 0 saturated heterocycles. The SMILES string of the molecule is COCC(Oc1cccc(C(N)=O)c1)C(=O)O. The Bertz CT molecular complexity index is 418. The molecule has 0 radical (unpaired) electrons. The van der Waals surface area contributed by atoms with E-state index in [1.165, 1.54) is 25.3 Å². The van der Waals surface area contributed by atoms with Crippen LogP contribution in [0.5, 0.6) is 5.75 Å². The summed E-state index contributed by atoms with van der Waals surface area (Å²) in [5.41, 5.74) is 5.35. The Morgan fingerprint density at radius 2 is 2.18 bits per heavy atom. The van der Waals surface area contributed by atoms with Crippen LogP contribution in [0.3, 0.4) is 0 Å². The molecule has 1 rings (SSSR count). The highest BCUT2D eigenvalue weighted by atomic mass is 16.5. The van der Waals surface area contributed by atoms with E-state index in [0.29, 0.717) is 0 Å². The molecule has 1 aromatic carbocycles. The fourth-order valence-electron chi connectivity index (χ4n) is 1.19. The minimum absolute atomic E-state index is 0.0872. The van der Waals surface area contributed by atoms with Crippen molar-refractivity contribution < 1.29 is 24.2 Å². The number of ether oxygens (including phenoxy) is 2. The number of hydrogen-bond acceptors (Lipinski definition) is 4. The summed E-state index contributed by atoms with van der Waals surface area (Å²) in [4.78, 5) is 21.7. The van der Waals surface area contributed by atoms with Crippen molar-refractivity contribution in [1.29, 1.82) is 0 Å². The molecule has 6 nitrogen and oxygen atoms in total. The Morgan fingerprint density at radius 1 is 1.47 bits per heavy atom. The van der Waals surface area contributed by atoms with Crippen molar-refractivity contribution in [2.75, 3.05) is 13.7 Å². The summed E-state index contributed by atoms with van der Waals surface area (Å²) in [5, 5.41) is 8.85. The largest absolute Gasteiger partial charge is 0.478 e. The van der Waals surface area contributed by atoms with Gasteiger partial charge in [0.05, 0.1) is 6.61 Å². The predicted octanol–water partition coefficient (Wildman–Crippen LogP) is 0.264. The molecular formula is C11H13NO5. The highest BCUT2D eigenvalue weighted by Crippen LogP contribution is 2.15. The molecule has 1 amide bonds. The summed E-state index contributed by atoms with van der Waals surface area (Å²) >= 11 is 0. The van der Waals surface area contributed by atoms with Gasteiger partial charge in [-0.2, -0.15) is 0 Å². The molecule has 92 valence electrons. The van der Waals surface area contributed by atoms with Crippen molar-refractivity contribution in [2.45, 2.75) is 6.10 Å². The van der Waals surface area contributed by atoms with Crippen LogP contribution < -0.4 is 10.5 Å². The first kappa shape index (κ1) is 13.0. The number of carboxylic acid groups (broad SMARTS) is 1. The van der Waals surface area contributed by atoms with Crippen LogP contribution in [0.25, 0.3) is 0 Å². The predicted molar refractivity (Wildman–Crippen MR) is 58.9 cm³/mol. The second-order valence-electron chi connectivity index (χ2n) is 3.29. The molecular weight excluding hydrogens is 226 g/mol. The van der Waals surface area contributed by atoms with E-state index >= 15 is 0 Å². The Kier molecular flexibility index (Phi) is 4.47. The van der Waals surface area contributed by atoms with Crippen LogP contribution in [-0.4, -0.2) is 36.8 Å². The number of carboxylic acids is 1. The molecule has 3 N–H and O–H groups in total.